The molecule has 2 amide bonds. The van der Waals surface area contributed by atoms with E-state index in [2.05, 4.69) is 10.6 Å². The molecule has 1 heterocycles. The van der Waals surface area contributed by atoms with E-state index in [1.165, 1.54) is 24.1 Å². The van der Waals surface area contributed by atoms with Gasteiger partial charge >= 0.3 is 0 Å². The van der Waals surface area contributed by atoms with E-state index in [9.17, 15) is 18.8 Å². The number of nitrogen functional groups attached to an aromatic ring is 1. The molecule has 4 N–H and O–H groups in total. The molecule has 0 saturated carbocycles. The minimum absolute atomic E-state index is 0.179. The second kappa shape index (κ2) is 8.72. The van der Waals surface area contributed by atoms with Crippen LogP contribution in [-0.4, -0.2) is 36.1 Å². The van der Waals surface area contributed by atoms with Crippen LogP contribution in [0.5, 0.6) is 0 Å². The smallest absolute Gasteiger partial charge is 0.255 e. The predicted molar refractivity (Wildman–Crippen MR) is 108 cm³/mol. The highest BCUT2D eigenvalue weighted by molar-refractivity contribution is 6.02. The van der Waals surface area contributed by atoms with Crippen LogP contribution in [0.3, 0.4) is 0 Å². The summed E-state index contributed by atoms with van der Waals surface area (Å²) < 4.78 is 14.0. The van der Waals surface area contributed by atoms with E-state index in [4.69, 9.17) is 5.73 Å². The summed E-state index contributed by atoms with van der Waals surface area (Å²) >= 11 is 0. The number of nitrogens with zero attached hydrogens (tertiary/aromatic N) is 1. The van der Waals surface area contributed by atoms with E-state index in [-0.39, 0.29) is 43.6 Å². The molecule has 8 heteroatoms. The first-order valence-electron chi connectivity index (χ1n) is 9.32. The first-order chi connectivity index (χ1) is 14.0. The number of aldehydes is 1. The molecule has 152 valence electrons. The Morgan fingerprint density at radius 1 is 1.34 bits per heavy atom. The van der Waals surface area contributed by atoms with Crippen molar-refractivity contribution in [2.75, 3.05) is 18.1 Å². The molecular weight excluding hydrogens is 375 g/mol. The largest absolute Gasteiger partial charge is 0.399 e. The first-order valence-corrected chi connectivity index (χ1v) is 9.32. The molecule has 1 aliphatic rings. The number of fused-ring (bicyclic) bond motifs is 1. The zero-order valence-electron chi connectivity index (χ0n) is 16.1. The Balaban J connectivity index is 1.83. The fourth-order valence-corrected chi connectivity index (χ4v) is 3.51. The highest BCUT2D eigenvalue weighted by atomic mass is 19.1. The number of carbonyl (C=O) groups is 3. The Kier molecular flexibility index (Phi) is 6.11. The molecule has 0 fully saturated rings. The predicted octanol–water partition coefficient (Wildman–Crippen LogP) is 2.07. The normalized spacial score (nSPS) is 13.7. The quantitative estimate of drug-likeness (QED) is 0.466. The number of rotatable bonds is 8. The Labute approximate surface area is 168 Å². The van der Waals surface area contributed by atoms with Gasteiger partial charge in [0, 0.05) is 54.6 Å². The van der Waals surface area contributed by atoms with Crippen LogP contribution in [0.2, 0.25) is 0 Å². The lowest BCUT2D eigenvalue weighted by atomic mass is 10.1. The van der Waals surface area contributed by atoms with E-state index in [1.807, 2.05) is 0 Å². The van der Waals surface area contributed by atoms with Crippen molar-refractivity contribution >= 4 is 29.5 Å². The van der Waals surface area contributed by atoms with Crippen LogP contribution >= 0.6 is 0 Å². The molecule has 7 nitrogen and oxygen atoms in total. The van der Waals surface area contributed by atoms with Gasteiger partial charge < -0.3 is 26.1 Å². The lowest BCUT2D eigenvalue weighted by Gasteiger charge is -2.25. The summed E-state index contributed by atoms with van der Waals surface area (Å²) in [5.41, 5.74) is 8.52. The standard InChI is InChI=1S/C21H23FN4O3/c1-24-20(28)19(6-3-9-27)26-12-16-15(21(26)29)4-2-5-18(16)25-11-13-10-14(23)7-8-17(13)22/h2,4-5,7-10,19,25H,3,6,11-12,23H2,1H3,(H,24,28). The number of amides is 2. The molecule has 1 aliphatic heterocycles. The van der Waals surface area contributed by atoms with Gasteiger partial charge in [0.1, 0.15) is 18.1 Å². The highest BCUT2D eigenvalue weighted by Crippen LogP contribution is 2.32. The molecule has 29 heavy (non-hydrogen) atoms. The molecule has 0 saturated heterocycles. The number of carbonyl (C=O) groups excluding carboxylic acids is 3. The number of anilines is 2. The van der Waals surface area contributed by atoms with E-state index in [0.717, 1.165) is 11.8 Å². The van der Waals surface area contributed by atoms with Crippen LogP contribution in [-0.2, 0) is 22.7 Å². The van der Waals surface area contributed by atoms with E-state index < -0.39 is 6.04 Å². The molecule has 2 aromatic carbocycles. The number of hydrogen-bond donors (Lipinski definition) is 3. The molecule has 3 rings (SSSR count). The van der Waals surface area contributed by atoms with Crippen molar-refractivity contribution in [3.8, 4) is 0 Å². The average molecular weight is 398 g/mol. The Morgan fingerprint density at radius 2 is 2.14 bits per heavy atom. The van der Waals surface area contributed by atoms with Crippen LogP contribution in [0, 0.1) is 5.82 Å². The van der Waals surface area contributed by atoms with Crippen LogP contribution in [0.1, 0.15) is 34.3 Å². The minimum Gasteiger partial charge on any atom is -0.399 e. The van der Waals surface area contributed by atoms with Gasteiger partial charge in [0.2, 0.25) is 5.91 Å². The Bertz CT molecular complexity index is 948. The lowest BCUT2D eigenvalue weighted by Crippen LogP contribution is -2.46. The van der Waals surface area contributed by atoms with Gasteiger partial charge in [-0.1, -0.05) is 6.07 Å². The lowest BCUT2D eigenvalue weighted by molar-refractivity contribution is -0.125. The van der Waals surface area contributed by atoms with Gasteiger partial charge in [-0.15, -0.1) is 0 Å². The van der Waals surface area contributed by atoms with E-state index >= 15 is 0 Å². The van der Waals surface area contributed by atoms with Crippen molar-refractivity contribution in [3.05, 3.63) is 58.9 Å². The number of benzene rings is 2. The first kappa shape index (κ1) is 20.3. The van der Waals surface area contributed by atoms with Crippen LogP contribution < -0.4 is 16.4 Å². The summed E-state index contributed by atoms with van der Waals surface area (Å²) in [7, 11) is 1.50. The SMILES string of the molecule is CNC(=O)C(CCC=O)N1Cc2c(NCc3cc(N)ccc3F)cccc2C1=O. The Hall–Kier alpha value is -3.42. The van der Waals surface area contributed by atoms with Crippen LogP contribution in [0.25, 0.3) is 0 Å². The molecule has 0 spiro atoms. The van der Waals surface area contributed by atoms with Crippen LogP contribution in [0.4, 0.5) is 15.8 Å². The topological polar surface area (TPSA) is 105 Å². The summed E-state index contributed by atoms with van der Waals surface area (Å²) in [4.78, 5) is 37.4. The summed E-state index contributed by atoms with van der Waals surface area (Å²) in [6.07, 6.45) is 1.16. The third-order valence-electron chi connectivity index (χ3n) is 5.02. The number of likely N-dealkylation sites (N-methyl/N-ethyl adjacent to an activating group) is 1. The van der Waals surface area contributed by atoms with Gasteiger partial charge in [-0.3, -0.25) is 9.59 Å². The maximum absolute atomic E-state index is 14.0. The van der Waals surface area contributed by atoms with Gasteiger partial charge in [0.25, 0.3) is 5.91 Å². The molecule has 2 aromatic rings. The highest BCUT2D eigenvalue weighted by Gasteiger charge is 2.36. The monoisotopic (exact) mass is 398 g/mol. The second-order valence-electron chi connectivity index (χ2n) is 6.84. The third-order valence-corrected chi connectivity index (χ3v) is 5.02. The zero-order valence-corrected chi connectivity index (χ0v) is 16.1. The minimum atomic E-state index is -0.732. The van der Waals surface area contributed by atoms with Gasteiger partial charge in [-0.05, 0) is 36.8 Å². The molecule has 0 aromatic heterocycles. The Morgan fingerprint density at radius 3 is 2.86 bits per heavy atom. The van der Waals surface area contributed by atoms with Gasteiger partial charge in [-0.25, -0.2) is 4.39 Å². The number of halogens is 1. The van der Waals surface area contributed by atoms with Crippen molar-refractivity contribution in [1.29, 1.82) is 0 Å². The number of nitrogens with two attached hydrogens (primary N) is 1. The van der Waals surface area contributed by atoms with Crippen molar-refractivity contribution in [2.24, 2.45) is 0 Å². The molecule has 0 aliphatic carbocycles. The third kappa shape index (κ3) is 4.21. The van der Waals surface area contributed by atoms with Gasteiger partial charge in [-0.2, -0.15) is 0 Å². The average Bonchev–Trinajstić information content (AvgIpc) is 3.06. The summed E-state index contributed by atoms with van der Waals surface area (Å²) in [5, 5.41) is 5.72. The maximum Gasteiger partial charge on any atom is 0.255 e. The molecule has 1 unspecified atom stereocenters. The van der Waals surface area contributed by atoms with Crippen LogP contribution in [0.15, 0.2) is 36.4 Å². The van der Waals surface area contributed by atoms with E-state index in [0.29, 0.717) is 22.5 Å². The van der Waals surface area contributed by atoms with Crippen molar-refractivity contribution in [2.45, 2.75) is 32.0 Å². The van der Waals surface area contributed by atoms with Crippen molar-refractivity contribution in [3.63, 3.8) is 0 Å². The molecule has 1 atom stereocenters. The number of nitrogens with one attached hydrogen (secondary N) is 2. The van der Waals surface area contributed by atoms with Crippen molar-refractivity contribution in [1.82, 2.24) is 10.2 Å². The summed E-state index contributed by atoms with van der Waals surface area (Å²) in [6.45, 7) is 0.430. The fraction of sp³-hybridized carbons (Fsp3) is 0.286. The van der Waals surface area contributed by atoms with Crippen molar-refractivity contribution < 1.29 is 18.8 Å². The molecular formula is C21H23FN4O3. The fourth-order valence-electron chi connectivity index (χ4n) is 3.51. The zero-order chi connectivity index (χ0) is 21.0. The van der Waals surface area contributed by atoms with Gasteiger partial charge in [0.15, 0.2) is 0 Å². The second-order valence-corrected chi connectivity index (χ2v) is 6.84. The molecule has 0 radical (unpaired) electrons. The summed E-state index contributed by atoms with van der Waals surface area (Å²) in [5.74, 6) is -0.951. The number of hydrogen-bond acceptors (Lipinski definition) is 5. The maximum atomic E-state index is 14.0. The summed E-state index contributed by atoms with van der Waals surface area (Å²) in [6, 6.07) is 8.87. The van der Waals surface area contributed by atoms with E-state index in [1.54, 1.807) is 24.3 Å². The van der Waals surface area contributed by atoms with Gasteiger partial charge in [0.05, 0.1) is 0 Å². The molecule has 0 bridgehead atoms.